The lowest BCUT2D eigenvalue weighted by molar-refractivity contribution is -0.126. The Kier molecular flexibility index (Phi) is 8.00. The van der Waals surface area contributed by atoms with Crippen LogP contribution in [0.15, 0.2) is 53.4 Å². The Morgan fingerprint density at radius 3 is 2.35 bits per heavy atom. The highest BCUT2D eigenvalue weighted by atomic mass is 32.2. The summed E-state index contributed by atoms with van der Waals surface area (Å²) in [7, 11) is -3.55. The van der Waals surface area contributed by atoms with Crippen LogP contribution >= 0.6 is 0 Å². The molecule has 182 valence electrons. The van der Waals surface area contributed by atoms with Gasteiger partial charge in [0.15, 0.2) is 0 Å². The Hall–Kier alpha value is -2.71. The van der Waals surface area contributed by atoms with Crippen molar-refractivity contribution in [1.29, 1.82) is 0 Å². The first-order valence-electron chi connectivity index (χ1n) is 12.1. The second-order valence-corrected chi connectivity index (χ2v) is 11.1. The number of amides is 2. The Bertz CT molecular complexity index is 1110. The van der Waals surface area contributed by atoms with E-state index in [0.717, 1.165) is 36.8 Å². The van der Waals surface area contributed by atoms with Gasteiger partial charge in [-0.3, -0.25) is 9.59 Å². The van der Waals surface area contributed by atoms with Crippen molar-refractivity contribution in [1.82, 2.24) is 14.9 Å². The molecule has 7 nitrogen and oxygen atoms in total. The average molecular weight is 484 g/mol. The maximum Gasteiger partial charge on any atom is 0.243 e. The van der Waals surface area contributed by atoms with Crippen LogP contribution in [0.5, 0.6) is 0 Å². The zero-order chi connectivity index (χ0) is 24.0. The molecule has 1 saturated heterocycles. The maximum atomic E-state index is 13.1. The highest BCUT2D eigenvalue weighted by Gasteiger charge is 2.32. The SMILES string of the molecule is O=C(CCNC(=O)C1CCN(S(=O)(=O)c2ccc3c(c2)CCCC3)CC1)NCc1ccccc1. The van der Waals surface area contributed by atoms with Crippen LogP contribution in [0.4, 0.5) is 0 Å². The summed E-state index contributed by atoms with van der Waals surface area (Å²) in [5.74, 6) is -0.459. The van der Waals surface area contributed by atoms with E-state index in [1.807, 2.05) is 42.5 Å². The van der Waals surface area contributed by atoms with Crippen molar-refractivity contribution in [2.45, 2.75) is 56.4 Å². The Morgan fingerprint density at radius 2 is 1.62 bits per heavy atom. The summed E-state index contributed by atoms with van der Waals surface area (Å²) in [5, 5.41) is 5.68. The van der Waals surface area contributed by atoms with E-state index >= 15 is 0 Å². The van der Waals surface area contributed by atoms with Crippen LogP contribution in [0, 0.1) is 5.92 Å². The maximum absolute atomic E-state index is 13.1. The molecule has 2 N–H and O–H groups in total. The molecular weight excluding hydrogens is 450 g/mol. The fraction of sp³-hybridized carbons (Fsp3) is 0.462. The predicted molar refractivity (Wildman–Crippen MR) is 130 cm³/mol. The molecule has 8 heteroatoms. The third kappa shape index (κ3) is 6.04. The van der Waals surface area contributed by atoms with Gasteiger partial charge in [0.2, 0.25) is 21.8 Å². The largest absolute Gasteiger partial charge is 0.355 e. The van der Waals surface area contributed by atoms with Gasteiger partial charge in [-0.1, -0.05) is 36.4 Å². The predicted octanol–water partition coefficient (Wildman–Crippen LogP) is 2.79. The van der Waals surface area contributed by atoms with E-state index in [0.29, 0.717) is 37.4 Å². The van der Waals surface area contributed by atoms with Gasteiger partial charge < -0.3 is 10.6 Å². The molecule has 1 aliphatic heterocycles. The molecule has 1 aliphatic carbocycles. The van der Waals surface area contributed by atoms with E-state index in [9.17, 15) is 18.0 Å². The molecule has 0 bridgehead atoms. The van der Waals surface area contributed by atoms with Crippen molar-refractivity contribution in [3.8, 4) is 0 Å². The third-order valence-electron chi connectivity index (χ3n) is 6.77. The second kappa shape index (κ2) is 11.1. The summed E-state index contributed by atoms with van der Waals surface area (Å²) in [6.07, 6.45) is 5.39. The molecule has 0 atom stereocenters. The number of piperidine rings is 1. The van der Waals surface area contributed by atoms with Crippen LogP contribution in [-0.4, -0.2) is 44.2 Å². The van der Waals surface area contributed by atoms with Gasteiger partial charge in [0.05, 0.1) is 4.90 Å². The number of nitrogens with one attached hydrogen (secondary N) is 2. The van der Waals surface area contributed by atoms with Crippen molar-refractivity contribution in [2.75, 3.05) is 19.6 Å². The van der Waals surface area contributed by atoms with Crippen LogP contribution in [0.1, 0.15) is 48.8 Å². The molecular formula is C26H33N3O4S. The fourth-order valence-corrected chi connectivity index (χ4v) is 6.23. The molecule has 0 radical (unpaired) electrons. The van der Waals surface area contributed by atoms with Crippen molar-refractivity contribution in [2.24, 2.45) is 5.92 Å². The zero-order valence-corrected chi connectivity index (χ0v) is 20.3. The van der Waals surface area contributed by atoms with Crippen LogP contribution in [-0.2, 0) is 39.0 Å². The van der Waals surface area contributed by atoms with Gasteiger partial charge in [0, 0.05) is 38.5 Å². The third-order valence-corrected chi connectivity index (χ3v) is 8.66. The number of rotatable bonds is 8. The Balaban J connectivity index is 1.21. The minimum Gasteiger partial charge on any atom is -0.355 e. The van der Waals surface area contributed by atoms with Crippen LogP contribution in [0.3, 0.4) is 0 Å². The summed E-state index contributed by atoms with van der Waals surface area (Å²) >= 11 is 0. The zero-order valence-electron chi connectivity index (χ0n) is 19.5. The minimum atomic E-state index is -3.55. The molecule has 0 saturated carbocycles. The standard InChI is InChI=1S/C26H33N3O4S/c30-25(28-19-20-6-2-1-3-7-20)12-15-27-26(31)22-13-16-29(17-14-22)34(32,33)24-11-10-21-8-4-5-9-23(21)18-24/h1-3,6-7,10-11,18,22H,4-5,8-9,12-17,19H2,(H,27,31)(H,28,30). The van der Waals surface area contributed by atoms with Crippen LogP contribution < -0.4 is 10.6 Å². The molecule has 1 fully saturated rings. The normalized spacial score (nSPS) is 17.1. The summed E-state index contributed by atoms with van der Waals surface area (Å²) in [6, 6.07) is 15.2. The van der Waals surface area contributed by atoms with E-state index < -0.39 is 10.0 Å². The minimum absolute atomic E-state index is 0.110. The molecule has 4 rings (SSSR count). The van der Waals surface area contributed by atoms with Gasteiger partial charge in [-0.25, -0.2) is 8.42 Å². The Morgan fingerprint density at radius 1 is 0.912 bits per heavy atom. The first kappa shape index (κ1) is 24.4. The summed E-state index contributed by atoms with van der Waals surface area (Å²) < 4.78 is 27.8. The van der Waals surface area contributed by atoms with E-state index in [-0.39, 0.29) is 30.7 Å². The molecule has 0 aromatic heterocycles. The number of carbonyl (C=O) groups is 2. The summed E-state index contributed by atoms with van der Waals surface area (Å²) in [6.45, 7) is 1.39. The Labute approximate surface area is 202 Å². The molecule has 2 aromatic rings. The second-order valence-electron chi connectivity index (χ2n) is 9.12. The summed E-state index contributed by atoms with van der Waals surface area (Å²) in [4.78, 5) is 24.9. The first-order valence-corrected chi connectivity index (χ1v) is 13.6. The first-order chi connectivity index (χ1) is 16.4. The number of benzene rings is 2. The number of hydrogen-bond donors (Lipinski definition) is 2. The summed E-state index contributed by atoms with van der Waals surface area (Å²) in [5.41, 5.74) is 3.43. The average Bonchev–Trinajstić information content (AvgIpc) is 2.87. The van der Waals surface area contributed by atoms with Crippen molar-refractivity contribution >= 4 is 21.8 Å². The van der Waals surface area contributed by atoms with Gasteiger partial charge in [0.25, 0.3) is 0 Å². The number of fused-ring (bicyclic) bond motifs is 1. The van der Waals surface area contributed by atoms with E-state index in [1.54, 1.807) is 6.07 Å². The lowest BCUT2D eigenvalue weighted by Crippen LogP contribution is -2.43. The van der Waals surface area contributed by atoms with E-state index in [4.69, 9.17) is 0 Å². The van der Waals surface area contributed by atoms with Gasteiger partial charge in [-0.15, -0.1) is 0 Å². The number of sulfonamides is 1. The van der Waals surface area contributed by atoms with Crippen molar-refractivity contribution in [3.05, 3.63) is 65.2 Å². The fourth-order valence-electron chi connectivity index (χ4n) is 4.71. The van der Waals surface area contributed by atoms with Gasteiger partial charge in [-0.05, 0) is 67.3 Å². The highest BCUT2D eigenvalue weighted by Crippen LogP contribution is 2.28. The monoisotopic (exact) mass is 483 g/mol. The smallest absolute Gasteiger partial charge is 0.243 e. The molecule has 0 unspecified atom stereocenters. The lowest BCUT2D eigenvalue weighted by Gasteiger charge is -2.31. The van der Waals surface area contributed by atoms with Crippen LogP contribution in [0.2, 0.25) is 0 Å². The van der Waals surface area contributed by atoms with Crippen molar-refractivity contribution < 1.29 is 18.0 Å². The highest BCUT2D eigenvalue weighted by molar-refractivity contribution is 7.89. The number of nitrogens with zero attached hydrogens (tertiary/aromatic N) is 1. The number of hydrogen-bond acceptors (Lipinski definition) is 4. The molecule has 2 aliphatic rings. The quantitative estimate of drug-likeness (QED) is 0.604. The van der Waals surface area contributed by atoms with Gasteiger partial charge in [0.1, 0.15) is 0 Å². The van der Waals surface area contributed by atoms with E-state index in [1.165, 1.54) is 9.87 Å². The topological polar surface area (TPSA) is 95.6 Å². The molecule has 0 spiro atoms. The molecule has 2 amide bonds. The molecule has 1 heterocycles. The van der Waals surface area contributed by atoms with E-state index in [2.05, 4.69) is 10.6 Å². The lowest BCUT2D eigenvalue weighted by atomic mass is 9.92. The van der Waals surface area contributed by atoms with Gasteiger partial charge >= 0.3 is 0 Å². The number of aryl methyl sites for hydroxylation is 2. The number of carbonyl (C=O) groups excluding carboxylic acids is 2. The molecule has 34 heavy (non-hydrogen) atoms. The van der Waals surface area contributed by atoms with Crippen molar-refractivity contribution in [3.63, 3.8) is 0 Å². The van der Waals surface area contributed by atoms with Crippen LogP contribution in [0.25, 0.3) is 0 Å². The van der Waals surface area contributed by atoms with Gasteiger partial charge in [-0.2, -0.15) is 4.31 Å². The molecule has 2 aromatic carbocycles.